The van der Waals surface area contributed by atoms with E-state index in [1.54, 1.807) is 0 Å². The van der Waals surface area contributed by atoms with Gasteiger partial charge < -0.3 is 15.4 Å². The van der Waals surface area contributed by atoms with Gasteiger partial charge in [0.15, 0.2) is 10.8 Å². The summed E-state index contributed by atoms with van der Waals surface area (Å²) in [6.07, 6.45) is 0. The lowest BCUT2D eigenvalue weighted by atomic mass is 9.78. The standard InChI is InChI=1S/C26H23Br2N3O2S/c1-14-4-10-20(15(2)12-14)29-24(32)22-23-19-13-17(28)7-11-21(19)33-26(22,3)31(25(34)30-23)18-8-5-16(27)6-9-18/h4-13,22-23H,1-3H3,(H,29,32)(H,30,34)/t22-,23-,26-/m0/s1. The summed E-state index contributed by atoms with van der Waals surface area (Å²) in [4.78, 5) is 15.8. The van der Waals surface area contributed by atoms with E-state index in [0.717, 1.165) is 42.8 Å². The van der Waals surface area contributed by atoms with Gasteiger partial charge >= 0.3 is 0 Å². The van der Waals surface area contributed by atoms with Gasteiger partial charge in [0.25, 0.3) is 0 Å². The van der Waals surface area contributed by atoms with Gasteiger partial charge in [0, 0.05) is 25.9 Å². The summed E-state index contributed by atoms with van der Waals surface area (Å²) in [5.74, 6) is -0.00378. The lowest BCUT2D eigenvalue weighted by Crippen LogP contribution is -2.72. The average molecular weight is 601 g/mol. The fraction of sp³-hybridized carbons (Fsp3) is 0.231. The van der Waals surface area contributed by atoms with Crippen molar-refractivity contribution in [2.75, 3.05) is 10.2 Å². The summed E-state index contributed by atoms with van der Waals surface area (Å²) in [7, 11) is 0. The van der Waals surface area contributed by atoms with E-state index in [2.05, 4.69) is 48.6 Å². The molecule has 2 aliphatic rings. The molecule has 1 saturated heterocycles. The van der Waals surface area contributed by atoms with Gasteiger partial charge in [-0.15, -0.1) is 0 Å². The predicted molar refractivity (Wildman–Crippen MR) is 146 cm³/mol. The van der Waals surface area contributed by atoms with Crippen molar-refractivity contribution < 1.29 is 9.53 Å². The lowest BCUT2D eigenvalue weighted by Gasteiger charge is -2.56. The van der Waals surface area contributed by atoms with Crippen LogP contribution in [0.3, 0.4) is 0 Å². The number of ether oxygens (including phenoxy) is 1. The number of hydrogen-bond acceptors (Lipinski definition) is 3. The minimum Gasteiger partial charge on any atom is -0.467 e. The van der Waals surface area contributed by atoms with Gasteiger partial charge in [-0.2, -0.15) is 0 Å². The minimum atomic E-state index is -1.05. The van der Waals surface area contributed by atoms with E-state index in [4.69, 9.17) is 17.0 Å². The predicted octanol–water partition coefficient (Wildman–Crippen LogP) is 6.63. The second-order valence-electron chi connectivity index (χ2n) is 8.86. The quantitative estimate of drug-likeness (QED) is 0.331. The third kappa shape index (κ3) is 3.91. The van der Waals surface area contributed by atoms with Crippen LogP contribution in [0.2, 0.25) is 0 Å². The molecule has 0 spiro atoms. The SMILES string of the molecule is Cc1ccc(NC(=O)[C@@H]2[C@H]3NC(=S)N(c4ccc(Br)cc4)[C@@]2(C)Oc2ccc(Br)cc23)c(C)c1. The van der Waals surface area contributed by atoms with Crippen LogP contribution in [-0.2, 0) is 4.79 Å². The number of halogens is 2. The van der Waals surface area contributed by atoms with Gasteiger partial charge in [-0.3, -0.25) is 9.69 Å². The van der Waals surface area contributed by atoms with E-state index in [-0.39, 0.29) is 11.9 Å². The topological polar surface area (TPSA) is 53.6 Å². The summed E-state index contributed by atoms with van der Waals surface area (Å²) >= 11 is 12.9. The molecule has 2 aliphatic heterocycles. The van der Waals surface area contributed by atoms with E-state index >= 15 is 0 Å². The number of benzene rings is 3. The Kier molecular flexibility index (Phi) is 5.94. The maximum absolute atomic E-state index is 13.9. The summed E-state index contributed by atoms with van der Waals surface area (Å²) in [6, 6.07) is 19.3. The van der Waals surface area contributed by atoms with Crippen LogP contribution in [-0.4, -0.2) is 16.7 Å². The first-order valence-corrected chi connectivity index (χ1v) is 12.9. The zero-order chi connectivity index (χ0) is 24.2. The van der Waals surface area contributed by atoms with Gasteiger partial charge in [-0.1, -0.05) is 49.6 Å². The number of nitrogens with one attached hydrogen (secondary N) is 2. The molecule has 0 aliphatic carbocycles. The molecule has 3 aromatic rings. The molecule has 1 amide bonds. The van der Waals surface area contributed by atoms with Crippen molar-refractivity contribution in [2.45, 2.75) is 32.5 Å². The van der Waals surface area contributed by atoms with Crippen molar-refractivity contribution in [2.24, 2.45) is 5.92 Å². The van der Waals surface area contributed by atoms with Gasteiger partial charge in [0.1, 0.15) is 11.7 Å². The second kappa shape index (κ2) is 8.66. The number of anilines is 2. The Balaban J connectivity index is 1.63. The molecule has 5 nitrogen and oxygen atoms in total. The van der Waals surface area contributed by atoms with Crippen LogP contribution < -0.4 is 20.3 Å². The first-order valence-electron chi connectivity index (χ1n) is 10.9. The summed E-state index contributed by atoms with van der Waals surface area (Å²) in [6.45, 7) is 5.97. The number of hydrogen-bond donors (Lipinski definition) is 2. The molecular formula is C26H23Br2N3O2S. The molecule has 0 aromatic heterocycles. The van der Waals surface area contributed by atoms with Crippen LogP contribution >= 0.6 is 44.1 Å². The maximum atomic E-state index is 13.9. The highest BCUT2D eigenvalue weighted by Gasteiger charge is 2.59. The molecule has 8 heteroatoms. The summed E-state index contributed by atoms with van der Waals surface area (Å²) < 4.78 is 8.51. The Morgan fingerprint density at radius 3 is 2.47 bits per heavy atom. The normalized spacial score (nSPS) is 23.0. The number of nitrogens with zero attached hydrogens (tertiary/aromatic N) is 1. The van der Waals surface area contributed by atoms with Crippen molar-refractivity contribution in [3.63, 3.8) is 0 Å². The van der Waals surface area contributed by atoms with Crippen LogP contribution in [0.1, 0.15) is 29.7 Å². The first-order chi connectivity index (χ1) is 16.2. The number of rotatable bonds is 3. The Morgan fingerprint density at radius 1 is 1.06 bits per heavy atom. The zero-order valence-corrected chi connectivity index (χ0v) is 22.8. The smallest absolute Gasteiger partial charge is 0.236 e. The molecule has 1 fully saturated rings. The van der Waals surface area contributed by atoms with Gasteiger partial charge in [0.05, 0.1) is 6.04 Å². The minimum absolute atomic E-state index is 0.137. The number of carbonyl (C=O) groups excluding carboxylic acids is 1. The number of fused-ring (bicyclic) bond motifs is 4. The van der Waals surface area contributed by atoms with Gasteiger partial charge in [-0.05, 0) is 87.1 Å². The van der Waals surface area contributed by atoms with Crippen molar-refractivity contribution >= 4 is 66.5 Å². The van der Waals surface area contributed by atoms with Crippen molar-refractivity contribution in [1.82, 2.24) is 5.32 Å². The Bertz CT molecular complexity index is 1310. The van der Waals surface area contributed by atoms with Crippen molar-refractivity contribution in [3.8, 4) is 5.75 Å². The Labute approximate surface area is 221 Å². The average Bonchev–Trinajstić information content (AvgIpc) is 2.77. The number of amides is 1. The summed E-state index contributed by atoms with van der Waals surface area (Å²) in [5, 5.41) is 7.11. The third-order valence-corrected chi connectivity index (χ3v) is 7.79. The third-order valence-electron chi connectivity index (χ3n) is 6.47. The highest BCUT2D eigenvalue weighted by Crippen LogP contribution is 2.50. The highest BCUT2D eigenvalue weighted by atomic mass is 79.9. The van der Waals surface area contributed by atoms with Crippen LogP contribution in [0.15, 0.2) is 69.6 Å². The molecule has 0 saturated carbocycles. The van der Waals surface area contributed by atoms with E-state index in [0.29, 0.717) is 5.11 Å². The highest BCUT2D eigenvalue weighted by molar-refractivity contribution is 9.10. The molecule has 3 atom stereocenters. The molecular weight excluding hydrogens is 578 g/mol. The molecule has 2 N–H and O–H groups in total. The molecule has 2 heterocycles. The van der Waals surface area contributed by atoms with Crippen molar-refractivity contribution in [1.29, 1.82) is 0 Å². The van der Waals surface area contributed by atoms with Crippen LogP contribution in [0, 0.1) is 19.8 Å². The fourth-order valence-electron chi connectivity index (χ4n) is 4.90. The Hall–Kier alpha value is -2.42. The zero-order valence-electron chi connectivity index (χ0n) is 18.9. The van der Waals surface area contributed by atoms with Gasteiger partial charge in [-0.25, -0.2) is 0 Å². The largest absolute Gasteiger partial charge is 0.467 e. The molecule has 2 bridgehead atoms. The van der Waals surface area contributed by atoms with Gasteiger partial charge in [0.2, 0.25) is 5.91 Å². The fourth-order valence-corrected chi connectivity index (χ4v) is 5.95. The maximum Gasteiger partial charge on any atom is 0.236 e. The van der Waals surface area contributed by atoms with Crippen LogP contribution in [0.5, 0.6) is 5.75 Å². The monoisotopic (exact) mass is 599 g/mol. The summed E-state index contributed by atoms with van der Waals surface area (Å²) in [5.41, 5.74) is 3.63. The van der Waals surface area contributed by atoms with E-state index in [1.165, 1.54) is 0 Å². The van der Waals surface area contributed by atoms with E-state index < -0.39 is 11.6 Å². The van der Waals surface area contributed by atoms with E-state index in [9.17, 15) is 4.79 Å². The molecule has 174 valence electrons. The number of thiocarbonyl (C=S) groups is 1. The molecule has 34 heavy (non-hydrogen) atoms. The first kappa shape index (κ1) is 23.3. The second-order valence-corrected chi connectivity index (χ2v) is 11.1. The number of carbonyl (C=O) groups is 1. The lowest BCUT2D eigenvalue weighted by molar-refractivity contribution is -0.130. The number of aryl methyl sites for hydroxylation is 2. The van der Waals surface area contributed by atoms with E-state index in [1.807, 2.05) is 80.3 Å². The van der Waals surface area contributed by atoms with Crippen LogP contribution in [0.25, 0.3) is 0 Å². The Morgan fingerprint density at radius 2 is 1.76 bits per heavy atom. The molecule has 0 radical (unpaired) electrons. The van der Waals surface area contributed by atoms with Crippen LogP contribution in [0.4, 0.5) is 11.4 Å². The molecule has 3 aromatic carbocycles. The molecule has 0 unspecified atom stereocenters. The van der Waals surface area contributed by atoms with Crippen molar-refractivity contribution in [3.05, 3.63) is 86.3 Å². The molecule has 5 rings (SSSR count).